The van der Waals surface area contributed by atoms with E-state index in [4.69, 9.17) is 0 Å². The summed E-state index contributed by atoms with van der Waals surface area (Å²) in [6.45, 7) is 6.34. The summed E-state index contributed by atoms with van der Waals surface area (Å²) in [6, 6.07) is 5.98. The fraction of sp³-hybridized carbons (Fsp3) is 0.438. The van der Waals surface area contributed by atoms with E-state index in [2.05, 4.69) is 25.1 Å². The molecular weight excluding hydrogens is 310 g/mol. The number of piperazine rings is 1. The Morgan fingerprint density at radius 2 is 2.00 bits per heavy atom. The molecule has 0 radical (unpaired) electrons. The van der Waals surface area contributed by atoms with Gasteiger partial charge in [-0.1, -0.05) is 24.3 Å². The molecule has 1 fully saturated rings. The topological polar surface area (TPSA) is 61.4 Å². The second-order valence-corrected chi connectivity index (χ2v) is 6.43. The average Bonchev–Trinajstić information content (AvgIpc) is 3.11. The Morgan fingerprint density at radius 3 is 2.70 bits per heavy atom. The molecule has 2 aromatic heterocycles. The van der Waals surface area contributed by atoms with Crippen LogP contribution in [0.1, 0.15) is 23.0 Å². The van der Waals surface area contributed by atoms with Gasteiger partial charge in [-0.2, -0.15) is 0 Å². The zero-order valence-corrected chi connectivity index (χ0v) is 14.1. The Labute approximate surface area is 140 Å². The van der Waals surface area contributed by atoms with Crippen molar-refractivity contribution < 1.29 is 4.79 Å². The zero-order valence-electron chi connectivity index (χ0n) is 13.2. The zero-order chi connectivity index (χ0) is 16.1. The molecular formula is C16H21N5OS. The van der Waals surface area contributed by atoms with E-state index in [0.717, 1.165) is 43.5 Å². The van der Waals surface area contributed by atoms with Gasteiger partial charge in [0.05, 0.1) is 6.20 Å². The highest BCUT2D eigenvalue weighted by molar-refractivity contribution is 7.17. The number of carbonyl (C=O) groups is 1. The van der Waals surface area contributed by atoms with Crippen molar-refractivity contribution in [2.45, 2.75) is 13.3 Å². The molecule has 1 N–H and O–H groups in total. The summed E-state index contributed by atoms with van der Waals surface area (Å²) in [7, 11) is 0. The first-order valence-corrected chi connectivity index (χ1v) is 8.74. The van der Waals surface area contributed by atoms with Crippen LogP contribution in [-0.2, 0) is 0 Å². The minimum Gasteiger partial charge on any atom is -0.353 e. The van der Waals surface area contributed by atoms with E-state index in [-0.39, 0.29) is 5.91 Å². The highest BCUT2D eigenvalue weighted by Gasteiger charge is 2.21. The van der Waals surface area contributed by atoms with Crippen LogP contribution in [0.5, 0.6) is 0 Å². The molecule has 0 unspecified atom stereocenters. The maximum atomic E-state index is 12.0. The summed E-state index contributed by atoms with van der Waals surface area (Å²) in [6.07, 6.45) is 4.44. The highest BCUT2D eigenvalue weighted by atomic mass is 32.1. The predicted molar refractivity (Wildman–Crippen MR) is 93.4 cm³/mol. The largest absolute Gasteiger partial charge is 0.353 e. The fourth-order valence-corrected chi connectivity index (χ4v) is 3.39. The third-order valence-corrected chi connectivity index (χ3v) is 4.83. The Kier molecular flexibility index (Phi) is 5.07. The van der Waals surface area contributed by atoms with Crippen LogP contribution in [0, 0.1) is 0 Å². The summed E-state index contributed by atoms with van der Waals surface area (Å²) in [4.78, 5) is 26.0. The van der Waals surface area contributed by atoms with Crippen molar-refractivity contribution in [3.8, 4) is 0 Å². The minimum absolute atomic E-state index is 0.0253. The molecule has 1 aliphatic rings. The predicted octanol–water partition coefficient (Wildman–Crippen LogP) is 2.00. The molecule has 0 spiro atoms. The van der Waals surface area contributed by atoms with Crippen molar-refractivity contribution >= 4 is 28.2 Å². The van der Waals surface area contributed by atoms with E-state index in [1.165, 1.54) is 11.3 Å². The molecule has 7 heteroatoms. The lowest BCUT2D eigenvalue weighted by molar-refractivity contribution is 0.0957. The van der Waals surface area contributed by atoms with Crippen LogP contribution >= 0.6 is 11.3 Å². The van der Waals surface area contributed by atoms with Crippen LogP contribution in [0.15, 0.2) is 30.6 Å². The van der Waals surface area contributed by atoms with Gasteiger partial charge < -0.3 is 15.1 Å². The molecule has 0 atom stereocenters. The van der Waals surface area contributed by atoms with Gasteiger partial charge in [0.2, 0.25) is 0 Å². The number of pyridine rings is 1. The van der Waals surface area contributed by atoms with Crippen LogP contribution in [-0.4, -0.2) is 48.6 Å². The summed E-state index contributed by atoms with van der Waals surface area (Å²) in [5.41, 5.74) is 0. The molecule has 1 saturated heterocycles. The first-order valence-electron chi connectivity index (χ1n) is 7.93. The Balaban J connectivity index is 1.58. The van der Waals surface area contributed by atoms with Gasteiger partial charge >= 0.3 is 0 Å². The Hall–Kier alpha value is -2.15. The smallest absolute Gasteiger partial charge is 0.263 e. The third kappa shape index (κ3) is 3.79. The molecule has 122 valence electrons. The van der Waals surface area contributed by atoms with E-state index in [1.54, 1.807) is 6.20 Å². The lowest BCUT2D eigenvalue weighted by Crippen LogP contribution is -2.46. The number of rotatable bonds is 5. The second-order valence-electron chi connectivity index (χ2n) is 5.43. The van der Waals surface area contributed by atoms with E-state index in [9.17, 15) is 4.79 Å². The monoisotopic (exact) mass is 331 g/mol. The molecule has 23 heavy (non-hydrogen) atoms. The molecule has 0 aliphatic carbocycles. The molecule has 3 rings (SSSR count). The van der Waals surface area contributed by atoms with E-state index in [1.807, 2.05) is 31.3 Å². The third-order valence-electron chi connectivity index (χ3n) is 3.78. The number of nitrogens with zero attached hydrogens (tertiary/aromatic N) is 4. The van der Waals surface area contributed by atoms with Gasteiger partial charge in [0.25, 0.3) is 5.91 Å². The van der Waals surface area contributed by atoms with Crippen LogP contribution in [0.3, 0.4) is 0 Å². The highest BCUT2D eigenvalue weighted by Crippen LogP contribution is 2.24. The number of hydrogen-bond acceptors (Lipinski definition) is 6. The van der Waals surface area contributed by atoms with Gasteiger partial charge in [0.1, 0.15) is 10.7 Å². The minimum atomic E-state index is -0.0253. The number of carbonyl (C=O) groups excluding carboxylic acids is 1. The van der Waals surface area contributed by atoms with E-state index >= 15 is 0 Å². The van der Waals surface area contributed by atoms with Gasteiger partial charge in [-0.3, -0.25) is 4.79 Å². The van der Waals surface area contributed by atoms with Gasteiger partial charge in [-0.05, 0) is 18.6 Å². The lowest BCUT2D eigenvalue weighted by Gasteiger charge is -2.35. The number of thiazole rings is 1. The first kappa shape index (κ1) is 15.7. The van der Waals surface area contributed by atoms with E-state index in [0.29, 0.717) is 11.4 Å². The Bertz CT molecular complexity index is 637. The van der Waals surface area contributed by atoms with Crippen molar-refractivity contribution in [1.29, 1.82) is 0 Å². The lowest BCUT2D eigenvalue weighted by atomic mass is 10.3. The number of hydrogen-bond donors (Lipinski definition) is 1. The van der Waals surface area contributed by atoms with Gasteiger partial charge in [0.15, 0.2) is 5.13 Å². The fourth-order valence-electron chi connectivity index (χ4n) is 2.51. The molecule has 0 bridgehead atoms. The number of aromatic nitrogens is 2. The average molecular weight is 331 g/mol. The maximum absolute atomic E-state index is 12.0. The van der Waals surface area contributed by atoms with E-state index < -0.39 is 0 Å². The number of anilines is 2. The molecule has 0 aromatic carbocycles. The summed E-state index contributed by atoms with van der Waals surface area (Å²) in [5.74, 6) is 0.994. The standard InChI is InChI=1S/C16H21N5OS/c1-2-6-18-15(22)13-12-19-16(23-13)21-10-8-20(9-11-21)14-5-3-4-7-17-14/h3-5,7,12H,2,6,8-11H2,1H3,(H,18,22). The first-order chi connectivity index (χ1) is 11.3. The summed E-state index contributed by atoms with van der Waals surface area (Å²) in [5, 5.41) is 3.81. The normalized spacial score (nSPS) is 14.8. The van der Waals surface area contributed by atoms with Crippen LogP contribution in [0.2, 0.25) is 0 Å². The maximum Gasteiger partial charge on any atom is 0.263 e. The van der Waals surface area contributed by atoms with Crippen molar-refractivity contribution in [3.05, 3.63) is 35.5 Å². The second kappa shape index (κ2) is 7.41. The van der Waals surface area contributed by atoms with Crippen molar-refractivity contribution in [2.75, 3.05) is 42.5 Å². The van der Waals surface area contributed by atoms with Crippen LogP contribution in [0.4, 0.5) is 10.9 Å². The van der Waals surface area contributed by atoms with Crippen molar-refractivity contribution in [3.63, 3.8) is 0 Å². The van der Waals surface area contributed by atoms with Crippen LogP contribution in [0.25, 0.3) is 0 Å². The molecule has 6 nitrogen and oxygen atoms in total. The Morgan fingerprint density at radius 1 is 1.22 bits per heavy atom. The molecule has 1 amide bonds. The van der Waals surface area contributed by atoms with Crippen molar-refractivity contribution in [1.82, 2.24) is 15.3 Å². The van der Waals surface area contributed by atoms with Crippen molar-refractivity contribution in [2.24, 2.45) is 0 Å². The molecule has 1 aliphatic heterocycles. The quantitative estimate of drug-likeness (QED) is 0.908. The molecule has 0 saturated carbocycles. The summed E-state index contributed by atoms with van der Waals surface area (Å²) >= 11 is 1.46. The number of amides is 1. The summed E-state index contributed by atoms with van der Waals surface area (Å²) < 4.78 is 0. The van der Waals surface area contributed by atoms with Crippen LogP contribution < -0.4 is 15.1 Å². The molecule has 2 aromatic rings. The van der Waals surface area contributed by atoms with Gasteiger partial charge in [-0.25, -0.2) is 9.97 Å². The van der Waals surface area contributed by atoms with Gasteiger partial charge in [-0.15, -0.1) is 0 Å². The SMILES string of the molecule is CCCNC(=O)c1cnc(N2CCN(c3ccccn3)CC2)s1. The van der Waals surface area contributed by atoms with Gasteiger partial charge in [0, 0.05) is 38.9 Å². The number of nitrogens with one attached hydrogen (secondary N) is 1. The molecule has 3 heterocycles.